The summed E-state index contributed by atoms with van der Waals surface area (Å²) in [7, 11) is 4.05. The lowest BCUT2D eigenvalue weighted by Crippen LogP contribution is -2.31. The number of nitrogens with zero attached hydrogens (tertiary/aromatic N) is 2. The maximum atomic E-state index is 12.4. The molecule has 1 amide bonds. The molecule has 0 saturated heterocycles. The SMILES string of the molecule is CC=CC=CC(=O)N(CCCN(C)C)Cc1ccc(Cl)c(Cl)c1. The number of hydrogen-bond acceptors (Lipinski definition) is 2. The number of halogens is 2. The molecular weight excluding hydrogens is 331 g/mol. The van der Waals surface area contributed by atoms with Crippen molar-refractivity contribution in [1.29, 1.82) is 0 Å². The van der Waals surface area contributed by atoms with Crippen molar-refractivity contribution in [2.75, 3.05) is 27.2 Å². The van der Waals surface area contributed by atoms with Crippen molar-refractivity contribution in [2.24, 2.45) is 0 Å². The minimum absolute atomic E-state index is 0.00655. The molecular formula is C18H24Cl2N2O. The fourth-order valence-electron chi connectivity index (χ4n) is 2.06. The summed E-state index contributed by atoms with van der Waals surface area (Å²) in [6.45, 7) is 4.06. The highest BCUT2D eigenvalue weighted by atomic mass is 35.5. The molecule has 0 aliphatic carbocycles. The Balaban J connectivity index is 2.80. The first-order valence-electron chi connectivity index (χ1n) is 7.61. The number of rotatable bonds is 8. The van der Waals surface area contributed by atoms with Gasteiger partial charge < -0.3 is 9.80 Å². The van der Waals surface area contributed by atoms with Crippen LogP contribution in [-0.4, -0.2) is 42.9 Å². The molecule has 23 heavy (non-hydrogen) atoms. The first-order valence-corrected chi connectivity index (χ1v) is 8.36. The zero-order valence-corrected chi connectivity index (χ0v) is 15.4. The lowest BCUT2D eigenvalue weighted by molar-refractivity contribution is -0.126. The third-order valence-electron chi connectivity index (χ3n) is 3.24. The minimum atomic E-state index is -0.00655. The minimum Gasteiger partial charge on any atom is -0.335 e. The van der Waals surface area contributed by atoms with E-state index in [1.807, 2.05) is 50.2 Å². The molecule has 0 radical (unpaired) electrons. The van der Waals surface area contributed by atoms with E-state index in [0.29, 0.717) is 23.1 Å². The summed E-state index contributed by atoms with van der Waals surface area (Å²) in [6.07, 6.45) is 8.00. The Labute approximate surface area is 149 Å². The third kappa shape index (κ3) is 7.69. The molecule has 0 N–H and O–H groups in total. The fourth-order valence-corrected chi connectivity index (χ4v) is 2.38. The summed E-state index contributed by atoms with van der Waals surface area (Å²) in [5.41, 5.74) is 0.969. The van der Waals surface area contributed by atoms with E-state index < -0.39 is 0 Å². The standard InChI is InChI=1S/C18H24Cl2N2O/c1-4-5-6-8-18(23)22(12-7-11-21(2)3)14-15-9-10-16(19)17(20)13-15/h4-6,8-10,13H,7,11-12,14H2,1-3H3. The largest absolute Gasteiger partial charge is 0.335 e. The van der Waals surface area contributed by atoms with E-state index >= 15 is 0 Å². The fraction of sp³-hybridized carbons (Fsp3) is 0.389. The number of amides is 1. The first kappa shape index (κ1) is 19.8. The van der Waals surface area contributed by atoms with Gasteiger partial charge in [-0.05, 0) is 51.7 Å². The maximum absolute atomic E-state index is 12.4. The van der Waals surface area contributed by atoms with E-state index in [-0.39, 0.29) is 5.91 Å². The van der Waals surface area contributed by atoms with Crippen LogP contribution in [0.15, 0.2) is 42.5 Å². The number of hydrogen-bond donors (Lipinski definition) is 0. The van der Waals surface area contributed by atoms with Crippen molar-refractivity contribution in [3.8, 4) is 0 Å². The maximum Gasteiger partial charge on any atom is 0.246 e. The van der Waals surface area contributed by atoms with Crippen LogP contribution in [0.2, 0.25) is 10.0 Å². The molecule has 0 fully saturated rings. The van der Waals surface area contributed by atoms with Crippen molar-refractivity contribution < 1.29 is 4.79 Å². The summed E-state index contributed by atoms with van der Waals surface area (Å²) >= 11 is 12.0. The Morgan fingerprint density at radius 2 is 1.87 bits per heavy atom. The van der Waals surface area contributed by atoms with Gasteiger partial charge in [0.1, 0.15) is 0 Å². The van der Waals surface area contributed by atoms with Gasteiger partial charge in [-0.3, -0.25) is 4.79 Å². The Kier molecular flexibility index (Phi) is 9.00. The van der Waals surface area contributed by atoms with Crippen molar-refractivity contribution in [2.45, 2.75) is 19.9 Å². The van der Waals surface area contributed by atoms with Crippen LogP contribution in [0.4, 0.5) is 0 Å². The van der Waals surface area contributed by atoms with Gasteiger partial charge in [0.25, 0.3) is 0 Å². The van der Waals surface area contributed by atoms with Crippen LogP contribution in [0, 0.1) is 0 Å². The topological polar surface area (TPSA) is 23.6 Å². The van der Waals surface area contributed by atoms with E-state index in [0.717, 1.165) is 18.5 Å². The van der Waals surface area contributed by atoms with Crippen molar-refractivity contribution in [1.82, 2.24) is 9.80 Å². The summed E-state index contributed by atoms with van der Waals surface area (Å²) < 4.78 is 0. The first-order chi connectivity index (χ1) is 10.9. The van der Waals surface area contributed by atoms with E-state index in [1.54, 1.807) is 18.2 Å². The van der Waals surface area contributed by atoms with Crippen LogP contribution in [-0.2, 0) is 11.3 Å². The van der Waals surface area contributed by atoms with Crippen molar-refractivity contribution in [3.05, 3.63) is 58.1 Å². The summed E-state index contributed by atoms with van der Waals surface area (Å²) in [5.74, 6) is -0.00655. The van der Waals surface area contributed by atoms with E-state index in [9.17, 15) is 4.79 Å². The molecule has 1 aromatic rings. The average molecular weight is 355 g/mol. The van der Waals surface area contributed by atoms with Gasteiger partial charge in [-0.25, -0.2) is 0 Å². The van der Waals surface area contributed by atoms with Gasteiger partial charge in [0.15, 0.2) is 0 Å². The van der Waals surface area contributed by atoms with Crippen LogP contribution < -0.4 is 0 Å². The van der Waals surface area contributed by atoms with Gasteiger partial charge >= 0.3 is 0 Å². The molecule has 0 atom stereocenters. The summed E-state index contributed by atoms with van der Waals surface area (Å²) in [5, 5.41) is 1.03. The van der Waals surface area contributed by atoms with Gasteiger partial charge in [0.2, 0.25) is 5.91 Å². The molecule has 0 aliphatic rings. The van der Waals surface area contributed by atoms with Gasteiger partial charge in [-0.2, -0.15) is 0 Å². The van der Waals surface area contributed by atoms with Gasteiger partial charge in [0, 0.05) is 19.2 Å². The number of benzene rings is 1. The van der Waals surface area contributed by atoms with Crippen LogP contribution in [0.1, 0.15) is 18.9 Å². The Bertz CT molecular complexity index is 568. The second kappa shape index (κ2) is 10.5. The molecule has 0 unspecified atom stereocenters. The monoisotopic (exact) mass is 354 g/mol. The molecule has 3 nitrogen and oxygen atoms in total. The van der Waals surface area contributed by atoms with Gasteiger partial charge in [0.05, 0.1) is 10.0 Å². The molecule has 0 bridgehead atoms. The van der Waals surface area contributed by atoms with Crippen molar-refractivity contribution in [3.63, 3.8) is 0 Å². The van der Waals surface area contributed by atoms with Gasteiger partial charge in [-0.1, -0.05) is 47.5 Å². The van der Waals surface area contributed by atoms with Crippen LogP contribution in [0.25, 0.3) is 0 Å². The molecule has 0 heterocycles. The quantitative estimate of drug-likeness (QED) is 0.510. The third-order valence-corrected chi connectivity index (χ3v) is 3.98. The highest BCUT2D eigenvalue weighted by molar-refractivity contribution is 6.42. The molecule has 1 aromatic carbocycles. The molecule has 0 saturated carbocycles. The predicted molar refractivity (Wildman–Crippen MR) is 99.0 cm³/mol. The van der Waals surface area contributed by atoms with Crippen LogP contribution >= 0.6 is 23.2 Å². The molecule has 126 valence electrons. The zero-order valence-electron chi connectivity index (χ0n) is 13.9. The molecule has 0 aromatic heterocycles. The number of carbonyl (C=O) groups is 1. The molecule has 0 aliphatic heterocycles. The number of allylic oxidation sites excluding steroid dienone is 3. The Hall–Kier alpha value is -1.29. The lowest BCUT2D eigenvalue weighted by Gasteiger charge is -2.22. The summed E-state index contributed by atoms with van der Waals surface area (Å²) in [4.78, 5) is 16.3. The molecule has 0 spiro atoms. The average Bonchev–Trinajstić information content (AvgIpc) is 2.49. The second-order valence-electron chi connectivity index (χ2n) is 5.55. The number of carbonyl (C=O) groups excluding carboxylic acids is 1. The van der Waals surface area contributed by atoms with Gasteiger partial charge in [-0.15, -0.1) is 0 Å². The smallest absolute Gasteiger partial charge is 0.246 e. The van der Waals surface area contributed by atoms with Crippen molar-refractivity contribution >= 4 is 29.1 Å². The molecule has 1 rings (SSSR count). The molecule has 5 heteroatoms. The van der Waals surface area contributed by atoms with E-state index in [2.05, 4.69) is 4.90 Å². The normalized spacial score (nSPS) is 11.7. The lowest BCUT2D eigenvalue weighted by atomic mass is 10.2. The van der Waals surface area contributed by atoms with E-state index in [1.165, 1.54) is 0 Å². The van der Waals surface area contributed by atoms with Crippen LogP contribution in [0.3, 0.4) is 0 Å². The predicted octanol–water partition coefficient (Wildman–Crippen LogP) is 4.41. The summed E-state index contributed by atoms with van der Waals surface area (Å²) in [6, 6.07) is 5.47. The highest BCUT2D eigenvalue weighted by Gasteiger charge is 2.12. The second-order valence-corrected chi connectivity index (χ2v) is 6.36. The highest BCUT2D eigenvalue weighted by Crippen LogP contribution is 2.23. The zero-order chi connectivity index (χ0) is 17.2. The Morgan fingerprint density at radius 1 is 1.13 bits per heavy atom. The Morgan fingerprint density at radius 3 is 2.48 bits per heavy atom. The van der Waals surface area contributed by atoms with E-state index in [4.69, 9.17) is 23.2 Å². The van der Waals surface area contributed by atoms with Crippen LogP contribution in [0.5, 0.6) is 0 Å².